The first-order chi connectivity index (χ1) is 30.8. The number of hydrogen-bond acceptors (Lipinski definition) is 21. The van der Waals surface area contributed by atoms with Crippen LogP contribution < -0.4 is 9.47 Å². The lowest BCUT2D eigenvalue weighted by Crippen LogP contribution is -2.72. The van der Waals surface area contributed by atoms with Crippen molar-refractivity contribution in [3.63, 3.8) is 0 Å². The van der Waals surface area contributed by atoms with E-state index < -0.39 is 126 Å². The molecule has 21 heteroatoms. The summed E-state index contributed by atoms with van der Waals surface area (Å²) in [5.74, 6) is -5.57. The van der Waals surface area contributed by atoms with Gasteiger partial charge in [-0.3, -0.25) is 9.59 Å². The van der Waals surface area contributed by atoms with Crippen LogP contribution in [0, 0.1) is 12.3 Å². The van der Waals surface area contributed by atoms with Gasteiger partial charge in [0.15, 0.2) is 24.5 Å². The van der Waals surface area contributed by atoms with Gasteiger partial charge >= 0.3 is 12.1 Å². The standard InChI is InChI=1S/C44H54O21/c1-16-10-21-28(32(50)30-29(33(21)52-7)23(11-22(47)31(30)49)60-26-13-40(6,14-45)36(17(2)56-26)59-20(5)46)34-27(16)35-37-43(62-34,41(15-55-41)44(63-35,64-37)38(53-8)54-9)61-25-12-24(48)42(18(3)57-25)19(4)58-39(51)65-42/h10,17-19,22-26,35-38,45,47-48,50H,11-15H2,1-9H3/t17?,18?,19-,22+,23+,24?,25?,26?,35?,36?,37?,40?,41+,42?,43-,44?/m1/s1. The molecule has 10 rings (SSSR count). The van der Waals surface area contributed by atoms with Crippen LogP contribution in [-0.2, 0) is 61.6 Å². The lowest BCUT2D eigenvalue weighted by Gasteiger charge is -2.52. The van der Waals surface area contributed by atoms with Gasteiger partial charge in [0.2, 0.25) is 17.5 Å². The third-order valence-electron chi connectivity index (χ3n) is 14.8. The fourth-order valence-electron chi connectivity index (χ4n) is 11.8. The molecular weight excluding hydrogens is 864 g/mol. The first-order valence-electron chi connectivity index (χ1n) is 21.7. The van der Waals surface area contributed by atoms with Gasteiger partial charge in [0.05, 0.1) is 43.5 Å². The molecule has 1 aliphatic carbocycles. The van der Waals surface area contributed by atoms with Crippen molar-refractivity contribution in [3.05, 3.63) is 28.3 Å². The molecule has 4 N–H and O–H groups in total. The lowest BCUT2D eigenvalue weighted by atomic mass is 9.76. The summed E-state index contributed by atoms with van der Waals surface area (Å²) in [6.07, 6.45) is -14.4. The van der Waals surface area contributed by atoms with Gasteiger partial charge in [-0.25, -0.2) is 4.79 Å². The van der Waals surface area contributed by atoms with E-state index in [0.717, 1.165) is 0 Å². The zero-order valence-electron chi connectivity index (χ0n) is 37.3. The summed E-state index contributed by atoms with van der Waals surface area (Å²) in [5.41, 5.74) is -3.31. The number of aliphatic hydroxyl groups excluding tert-OH is 3. The Labute approximate surface area is 372 Å². The molecule has 0 aromatic heterocycles. The molecule has 2 aromatic rings. The van der Waals surface area contributed by atoms with Crippen molar-refractivity contribution in [2.24, 2.45) is 5.41 Å². The molecule has 65 heavy (non-hydrogen) atoms. The molecule has 2 aromatic carbocycles. The molecule has 6 saturated heterocycles. The van der Waals surface area contributed by atoms with Crippen LogP contribution in [0.3, 0.4) is 0 Å². The maximum Gasteiger partial charge on any atom is 0.509 e. The predicted molar refractivity (Wildman–Crippen MR) is 212 cm³/mol. The van der Waals surface area contributed by atoms with Crippen LogP contribution in [-0.4, -0.2) is 157 Å². The minimum atomic E-state index is -1.99. The summed E-state index contributed by atoms with van der Waals surface area (Å²) < 4.78 is 87.0. The summed E-state index contributed by atoms with van der Waals surface area (Å²) >= 11 is 0. The maximum absolute atomic E-state index is 14.2. The molecule has 11 unspecified atom stereocenters. The highest BCUT2D eigenvalue weighted by Crippen LogP contribution is 2.72. The molecule has 8 aliphatic rings. The van der Waals surface area contributed by atoms with Crippen LogP contribution in [0.2, 0.25) is 0 Å². The number of Topliss-reactive ketones (excluding diaryl/α,β-unsaturated/α-hetero) is 1. The minimum absolute atomic E-state index is 0.00281. The average molecular weight is 919 g/mol. The van der Waals surface area contributed by atoms with Crippen molar-refractivity contribution in [1.82, 2.24) is 0 Å². The second kappa shape index (κ2) is 15.0. The summed E-state index contributed by atoms with van der Waals surface area (Å²) in [6.45, 7) is 9.26. The van der Waals surface area contributed by atoms with Gasteiger partial charge in [-0.15, -0.1) is 0 Å². The number of phenolic OH excluding ortho intramolecular Hbond substituents is 1. The summed E-state index contributed by atoms with van der Waals surface area (Å²) in [5, 5.41) is 46.4. The highest BCUT2D eigenvalue weighted by atomic mass is 16.9. The largest absolute Gasteiger partial charge is 0.509 e. The van der Waals surface area contributed by atoms with Gasteiger partial charge in [-0.2, -0.15) is 0 Å². The number of benzene rings is 2. The van der Waals surface area contributed by atoms with Crippen molar-refractivity contribution in [3.8, 4) is 17.2 Å². The number of carbonyl (C=O) groups excluding carboxylic acids is 3. The first kappa shape index (κ1) is 44.8. The van der Waals surface area contributed by atoms with E-state index in [1.54, 1.807) is 40.7 Å². The van der Waals surface area contributed by atoms with Crippen molar-refractivity contribution in [2.75, 3.05) is 34.5 Å². The molecule has 21 nitrogen and oxygen atoms in total. The van der Waals surface area contributed by atoms with Crippen LogP contribution in [0.15, 0.2) is 6.07 Å². The molecule has 7 aliphatic heterocycles. The summed E-state index contributed by atoms with van der Waals surface area (Å²) in [4.78, 5) is 38.4. The van der Waals surface area contributed by atoms with Gasteiger partial charge in [0, 0.05) is 62.3 Å². The van der Waals surface area contributed by atoms with Crippen molar-refractivity contribution in [1.29, 1.82) is 0 Å². The van der Waals surface area contributed by atoms with Crippen LogP contribution in [0.1, 0.15) is 93.1 Å². The number of cyclic esters (lactones) is 1. The zero-order chi connectivity index (χ0) is 46.5. The van der Waals surface area contributed by atoms with Gasteiger partial charge in [-0.1, -0.05) is 6.92 Å². The number of aryl methyl sites for hydroxylation is 1. The Morgan fingerprint density at radius 3 is 2.31 bits per heavy atom. The van der Waals surface area contributed by atoms with E-state index in [2.05, 4.69) is 0 Å². The number of carbonyl (C=O) groups is 3. The average Bonchev–Trinajstić information content (AvgIpc) is 3.81. The number of methoxy groups -OCH3 is 3. The Hall–Kier alpha value is -3.97. The molecular formula is C44H54O21. The van der Waals surface area contributed by atoms with E-state index in [1.165, 1.54) is 28.3 Å². The van der Waals surface area contributed by atoms with Crippen LogP contribution in [0.4, 0.5) is 4.79 Å². The number of rotatable bonds is 10. The third-order valence-corrected chi connectivity index (χ3v) is 14.8. The topological polar surface area (TPSA) is 265 Å². The Morgan fingerprint density at radius 1 is 0.985 bits per heavy atom. The number of epoxide rings is 1. The predicted octanol–water partition coefficient (Wildman–Crippen LogP) is 2.38. The third kappa shape index (κ3) is 5.84. The molecule has 2 bridgehead atoms. The Morgan fingerprint density at radius 2 is 1.71 bits per heavy atom. The number of ketones is 1. The molecule has 0 radical (unpaired) electrons. The van der Waals surface area contributed by atoms with Gasteiger partial charge in [-0.05, 0) is 39.3 Å². The SMILES string of the molecule is COc1c2c(c(O)c3c4c(c(C)cc13)C1OC3(C(OC)OC)OC1[C@@](OC1CC(O)C5(OC(=O)O[C@@H]5C)C(C)O1)(O4)[C@@]31CO1)C(=O)[C@@H](O)C[C@@H]2OC1CC(C)(CO)C(OC(C)=O)C(C)O1. The first-order valence-corrected chi connectivity index (χ1v) is 21.7. The van der Waals surface area contributed by atoms with Gasteiger partial charge in [0.1, 0.15) is 53.9 Å². The monoisotopic (exact) mass is 918 g/mol. The molecule has 0 saturated carbocycles. The number of ether oxygens (including phenoxy) is 14. The molecule has 7 heterocycles. The van der Waals surface area contributed by atoms with E-state index in [9.17, 15) is 34.8 Å². The van der Waals surface area contributed by atoms with Gasteiger partial charge < -0.3 is 86.7 Å². The second-order valence-electron chi connectivity index (χ2n) is 18.6. The highest BCUT2D eigenvalue weighted by Gasteiger charge is 2.94. The highest BCUT2D eigenvalue weighted by molar-refractivity contribution is 6.13. The number of phenols is 1. The van der Waals surface area contributed by atoms with Crippen LogP contribution in [0.25, 0.3) is 10.8 Å². The molecule has 16 atom stereocenters. The van der Waals surface area contributed by atoms with E-state index in [1.807, 2.05) is 0 Å². The Bertz CT molecular complexity index is 2320. The van der Waals surface area contributed by atoms with Crippen molar-refractivity contribution >= 4 is 28.7 Å². The smallest absolute Gasteiger partial charge is 0.506 e. The quantitative estimate of drug-likeness (QED) is 0.151. The van der Waals surface area contributed by atoms with E-state index in [4.69, 9.17) is 66.3 Å². The molecule has 6 fully saturated rings. The summed E-state index contributed by atoms with van der Waals surface area (Å²) in [6, 6.07) is 1.74. The summed E-state index contributed by atoms with van der Waals surface area (Å²) in [7, 11) is 4.21. The number of esters is 1. The van der Waals surface area contributed by atoms with E-state index in [0.29, 0.717) is 16.5 Å². The number of aromatic hydroxyl groups is 1. The second-order valence-corrected chi connectivity index (χ2v) is 18.6. The van der Waals surface area contributed by atoms with E-state index >= 15 is 0 Å². The molecule has 2 spiro atoms. The Kier molecular flexibility index (Phi) is 10.4. The van der Waals surface area contributed by atoms with Gasteiger partial charge in [0.25, 0.3) is 11.6 Å². The van der Waals surface area contributed by atoms with Crippen LogP contribution in [0.5, 0.6) is 17.2 Å². The number of fused-ring (bicyclic) bond motifs is 8. The Balaban J connectivity index is 1.10. The normalized spacial score (nSPS) is 43.4. The fraction of sp³-hybridized carbons (Fsp3) is 0.705. The lowest BCUT2D eigenvalue weighted by molar-refractivity contribution is -0.387. The fourth-order valence-corrected chi connectivity index (χ4v) is 11.8. The maximum atomic E-state index is 14.2. The van der Waals surface area contributed by atoms with Crippen molar-refractivity contribution in [2.45, 2.75) is 157 Å². The van der Waals surface area contributed by atoms with Crippen molar-refractivity contribution < 1.29 is 101 Å². The minimum Gasteiger partial charge on any atom is -0.506 e. The molecule has 0 amide bonds. The molecule has 356 valence electrons. The number of hydrogen-bond donors (Lipinski definition) is 4. The number of aliphatic hydroxyl groups is 3. The van der Waals surface area contributed by atoms with Crippen LogP contribution >= 0.6 is 0 Å². The van der Waals surface area contributed by atoms with E-state index in [-0.39, 0.29) is 60.5 Å². The zero-order valence-corrected chi connectivity index (χ0v) is 37.3.